The molecule has 0 fully saturated rings. The van der Waals surface area contributed by atoms with Crippen molar-refractivity contribution in [1.29, 1.82) is 0 Å². The first kappa shape index (κ1) is 85.8. The Balaban J connectivity index is 0.000000159. The number of phenols is 1. The fraction of sp³-hybridized carbons (Fsp3) is 0.174. The highest BCUT2D eigenvalue weighted by Gasteiger charge is 2.20. The van der Waals surface area contributed by atoms with Gasteiger partial charge in [0.25, 0.3) is 16.7 Å². The van der Waals surface area contributed by atoms with Crippen molar-refractivity contribution in [2.75, 3.05) is 28.4 Å². The Labute approximate surface area is 719 Å². The van der Waals surface area contributed by atoms with Gasteiger partial charge < -0.3 is 24.1 Å². The van der Waals surface area contributed by atoms with Gasteiger partial charge in [0.1, 0.15) is 23.2 Å². The molecule has 0 saturated carbocycles. The van der Waals surface area contributed by atoms with E-state index >= 15 is 0 Å². The zero-order chi connectivity index (χ0) is 87.3. The molecule has 0 aliphatic carbocycles. The number of aromatic nitrogens is 6. The van der Waals surface area contributed by atoms with Crippen LogP contribution in [0.3, 0.4) is 0 Å². The summed E-state index contributed by atoms with van der Waals surface area (Å²) in [4.78, 5) is 55.8. The minimum Gasteiger partial charge on any atom is -0.504 e. The number of rotatable bonds is 13. The molecule has 0 aliphatic rings. The first-order valence-corrected chi connectivity index (χ1v) is 40.6. The quantitative estimate of drug-likeness (QED) is 0.109. The number of ether oxygens (including phenoxy) is 4. The lowest BCUT2D eigenvalue weighted by atomic mass is 9.87. The largest absolute Gasteiger partial charge is 0.504 e. The van der Waals surface area contributed by atoms with Crippen LogP contribution >= 0.6 is 0 Å². The highest BCUT2D eigenvalue weighted by Crippen LogP contribution is 2.33. The number of para-hydroxylation sites is 3. The van der Waals surface area contributed by atoms with E-state index in [1.165, 1.54) is 23.8 Å². The summed E-state index contributed by atoms with van der Waals surface area (Å²) >= 11 is 0. The molecule has 612 valence electrons. The highest BCUT2D eigenvalue weighted by molar-refractivity contribution is 5.84. The molecular formula is C109H98N6O8. The number of aromatic hydroxyl groups is 1. The number of hydrogen-bond acceptors (Lipinski definition) is 11. The Morgan fingerprint density at radius 3 is 0.911 bits per heavy atom. The molecule has 123 heavy (non-hydrogen) atoms. The average Bonchev–Trinajstić information content (AvgIpc) is 0.774. The summed E-state index contributed by atoms with van der Waals surface area (Å²) in [5, 5.41) is 11.6. The van der Waals surface area contributed by atoms with E-state index in [0.717, 1.165) is 89.6 Å². The number of benzene rings is 12. The fourth-order valence-electron chi connectivity index (χ4n) is 14.0. The van der Waals surface area contributed by atoms with Crippen LogP contribution in [0, 0.1) is 56.3 Å². The zero-order valence-corrected chi connectivity index (χ0v) is 72.3. The van der Waals surface area contributed by atoms with E-state index in [-0.39, 0.29) is 38.7 Å². The molecule has 0 radical (unpaired) electrons. The molecule has 15 aromatic rings. The Morgan fingerprint density at radius 2 is 0.593 bits per heavy atom. The summed E-state index contributed by atoms with van der Waals surface area (Å²) in [5.41, 5.74) is 18.9. The van der Waals surface area contributed by atoms with Crippen molar-refractivity contribution in [1.82, 2.24) is 28.7 Å². The van der Waals surface area contributed by atoms with Crippen molar-refractivity contribution in [3.05, 3.63) is 393 Å². The Hall–Kier alpha value is -15.0. The number of methoxy groups -OCH3 is 4. The smallest absolute Gasteiger partial charge is 0.266 e. The standard InChI is InChI=1S/C37H34N2O3.C36H32N2O3.C36H32N2O2/c1-25-23-27(12-11-26-13-18-29(19-14-26)37(2,3)4)15-20-32(25)39-35(38-31-10-8-7-9-30(31)36(39)40)22-17-28-16-21-33(41-5)34(24-28)42-6;1-24-22-26(11-10-25-12-17-28(18-13-25)36(2,3)4)14-19-31(24)38-34(37-30-9-7-6-8-29(30)35(38)40)21-16-27-15-20-32(39)33(23-27)41-5;1-25-24-28(11-10-26-12-18-29(19-13-26)36(2,3)4)16-22-33(25)38-34(23-17-27-14-20-30(40-5)21-15-27)37-32-9-7-6-8-31(32)35(38)39/h7-10,13-24H,1-6H3;6-9,12-23,39H,1-5H3;6-9,12-24H,1-5H3/b22-17+;21-16+;23-17+. The summed E-state index contributed by atoms with van der Waals surface area (Å²) in [6, 6.07) is 83.5. The van der Waals surface area contributed by atoms with Crippen molar-refractivity contribution >= 4 is 69.2 Å². The molecule has 0 bridgehead atoms. The molecule has 0 atom stereocenters. The number of phenolic OH excluding ortho intramolecular Hbond substituents is 1. The van der Waals surface area contributed by atoms with Crippen LogP contribution in [0.25, 0.3) is 86.2 Å². The molecule has 3 aromatic heterocycles. The van der Waals surface area contributed by atoms with Gasteiger partial charge in [0, 0.05) is 33.4 Å². The van der Waals surface area contributed by atoms with Crippen LogP contribution in [0.15, 0.2) is 275 Å². The van der Waals surface area contributed by atoms with Gasteiger partial charge in [-0.05, 0) is 269 Å². The van der Waals surface area contributed by atoms with Crippen LogP contribution in [-0.4, -0.2) is 62.2 Å². The second-order valence-corrected chi connectivity index (χ2v) is 32.9. The number of fused-ring (bicyclic) bond motifs is 3. The van der Waals surface area contributed by atoms with Crippen LogP contribution in [-0.2, 0) is 16.2 Å². The summed E-state index contributed by atoms with van der Waals surface area (Å²) in [6.07, 6.45) is 11.2. The summed E-state index contributed by atoms with van der Waals surface area (Å²) in [7, 11) is 6.36. The van der Waals surface area contributed by atoms with Gasteiger partial charge >= 0.3 is 0 Å². The van der Waals surface area contributed by atoms with E-state index in [2.05, 4.69) is 171 Å². The van der Waals surface area contributed by atoms with Gasteiger partial charge in [-0.25, -0.2) is 15.0 Å². The minimum absolute atomic E-state index is 0.0612. The summed E-state index contributed by atoms with van der Waals surface area (Å²) in [6.45, 7) is 25.7. The lowest BCUT2D eigenvalue weighted by Crippen LogP contribution is -2.23. The Morgan fingerprint density at radius 1 is 0.301 bits per heavy atom. The molecule has 15 rings (SSSR count). The normalized spacial score (nSPS) is 11.4. The van der Waals surface area contributed by atoms with Gasteiger partial charge in [-0.2, -0.15) is 0 Å². The van der Waals surface area contributed by atoms with Gasteiger partial charge in [0.05, 0.1) is 78.2 Å². The zero-order valence-electron chi connectivity index (χ0n) is 72.3. The SMILES string of the molecule is COc1cc(/C=C/c2nc3ccccc3c(=O)n2-c2ccc(C#Cc3ccc(C(C)(C)C)cc3)cc2C)ccc1O.COc1ccc(/C=C/c2nc3ccccc3c(=O)n2-c2ccc(C#Cc3ccc(C(C)(C)C)cc3)cc2C)cc1.COc1ccc(/C=C/c2nc3ccccc3c(=O)n2-c2ccc(C#Cc3ccc(C(C)(C)C)cc3)cc2C)cc1OC. The third-order valence-corrected chi connectivity index (χ3v) is 21.0. The molecule has 1 N–H and O–H groups in total. The summed E-state index contributed by atoms with van der Waals surface area (Å²) in [5.74, 6) is 23.7. The van der Waals surface area contributed by atoms with Crippen LogP contribution in [0.5, 0.6) is 28.7 Å². The molecule has 0 unspecified atom stereocenters. The maximum Gasteiger partial charge on any atom is 0.266 e. The fourth-order valence-corrected chi connectivity index (χ4v) is 14.0. The van der Waals surface area contributed by atoms with E-state index in [9.17, 15) is 19.5 Å². The van der Waals surface area contributed by atoms with E-state index in [1.807, 2.05) is 215 Å². The molecule has 3 heterocycles. The van der Waals surface area contributed by atoms with Crippen molar-refractivity contribution < 1.29 is 24.1 Å². The van der Waals surface area contributed by atoms with Crippen LogP contribution in [0.1, 0.15) is 163 Å². The molecule has 0 amide bonds. The van der Waals surface area contributed by atoms with E-state index < -0.39 is 0 Å². The third kappa shape index (κ3) is 20.6. The van der Waals surface area contributed by atoms with E-state index in [0.29, 0.717) is 67.4 Å². The lowest BCUT2D eigenvalue weighted by Gasteiger charge is -2.18. The van der Waals surface area contributed by atoms with Crippen molar-refractivity contribution in [2.45, 2.75) is 99.3 Å². The number of hydrogen-bond donors (Lipinski definition) is 1. The van der Waals surface area contributed by atoms with Gasteiger partial charge in [0.2, 0.25) is 0 Å². The molecule has 0 spiro atoms. The third-order valence-electron chi connectivity index (χ3n) is 21.0. The van der Waals surface area contributed by atoms with Crippen LogP contribution < -0.4 is 35.6 Å². The van der Waals surface area contributed by atoms with Crippen LogP contribution in [0.4, 0.5) is 0 Å². The lowest BCUT2D eigenvalue weighted by molar-refractivity contribution is 0.355. The van der Waals surface area contributed by atoms with Crippen molar-refractivity contribution in [3.63, 3.8) is 0 Å². The summed E-state index contributed by atoms with van der Waals surface area (Å²) < 4.78 is 26.3. The van der Waals surface area contributed by atoms with Gasteiger partial charge in [-0.1, -0.05) is 213 Å². The predicted molar refractivity (Wildman–Crippen MR) is 504 cm³/mol. The topological polar surface area (TPSA) is 162 Å². The maximum atomic E-state index is 13.8. The predicted octanol–water partition coefficient (Wildman–Crippen LogP) is 22.4. The molecule has 0 aliphatic heterocycles. The van der Waals surface area contributed by atoms with Gasteiger partial charge in [-0.15, -0.1) is 0 Å². The van der Waals surface area contributed by atoms with E-state index in [1.54, 1.807) is 65.4 Å². The molecule has 14 heteroatoms. The maximum absolute atomic E-state index is 13.8. The van der Waals surface area contributed by atoms with Crippen molar-refractivity contribution in [3.8, 4) is 81.3 Å². The Bertz CT molecular complexity index is 6970. The molecular weight excluding hydrogens is 1520 g/mol. The second-order valence-electron chi connectivity index (χ2n) is 32.9. The van der Waals surface area contributed by atoms with Gasteiger partial charge in [0.15, 0.2) is 23.0 Å². The molecule has 12 aromatic carbocycles. The monoisotopic (exact) mass is 1620 g/mol. The van der Waals surface area contributed by atoms with Gasteiger partial charge in [-0.3, -0.25) is 28.1 Å². The first-order chi connectivity index (χ1) is 59.0. The van der Waals surface area contributed by atoms with Crippen LogP contribution in [0.2, 0.25) is 0 Å². The number of aryl methyl sites for hydroxylation is 3. The average molecular weight is 1620 g/mol. The van der Waals surface area contributed by atoms with Crippen molar-refractivity contribution in [2.24, 2.45) is 0 Å². The highest BCUT2D eigenvalue weighted by atomic mass is 16.5. The Kier molecular flexibility index (Phi) is 26.2. The second kappa shape index (κ2) is 37.5. The first-order valence-electron chi connectivity index (χ1n) is 40.6. The number of nitrogens with zero attached hydrogens (tertiary/aromatic N) is 6. The van der Waals surface area contributed by atoms with E-state index in [4.69, 9.17) is 33.9 Å². The molecule has 14 nitrogen and oxygen atoms in total. The molecule has 0 saturated heterocycles. The minimum atomic E-state index is -0.153.